The van der Waals surface area contributed by atoms with Crippen molar-refractivity contribution in [3.8, 4) is 0 Å². The van der Waals surface area contributed by atoms with E-state index in [0.29, 0.717) is 0 Å². The number of carboxylic acids is 2. The molecule has 1 rings (SSSR count). The molecule has 6 N–H and O–H groups in total. The number of nitrogens with one attached hydrogen (secondary N) is 1. The van der Waals surface area contributed by atoms with Gasteiger partial charge in [-0.1, -0.05) is 30.3 Å². The Kier molecular flexibility index (Phi) is 10.8. The first kappa shape index (κ1) is 22.9. The zero-order chi connectivity index (χ0) is 20.1. The fourth-order valence-corrected chi connectivity index (χ4v) is 1.64. The molecule has 1 aromatic carbocycles. The molecule has 2 atom stereocenters. The fourth-order valence-electron chi connectivity index (χ4n) is 1.64. The highest BCUT2D eigenvalue weighted by atomic mass is 16.5. The Labute approximate surface area is 149 Å². The van der Waals surface area contributed by atoms with Gasteiger partial charge in [0.25, 0.3) is 0 Å². The van der Waals surface area contributed by atoms with E-state index in [0.717, 1.165) is 5.56 Å². The van der Waals surface area contributed by atoms with Crippen molar-refractivity contribution in [2.45, 2.75) is 31.9 Å². The molecule has 0 saturated heterocycles. The average Bonchev–Trinajstić information content (AvgIpc) is 2.55. The lowest BCUT2D eigenvalue weighted by atomic mass is 10.1. The number of carbonyl (C=O) groups is 4. The van der Waals surface area contributed by atoms with Crippen molar-refractivity contribution >= 4 is 23.9 Å². The van der Waals surface area contributed by atoms with Crippen LogP contribution in [0.2, 0.25) is 0 Å². The van der Waals surface area contributed by atoms with Crippen molar-refractivity contribution < 1.29 is 39.2 Å². The van der Waals surface area contributed by atoms with Gasteiger partial charge in [0.15, 0.2) is 6.10 Å². The van der Waals surface area contributed by atoms with Gasteiger partial charge in [-0.2, -0.15) is 0 Å². The van der Waals surface area contributed by atoms with Crippen molar-refractivity contribution in [2.75, 3.05) is 6.61 Å². The van der Waals surface area contributed by atoms with Crippen molar-refractivity contribution in [1.82, 2.24) is 5.32 Å². The Hall–Kier alpha value is -3.14. The van der Waals surface area contributed by atoms with Crippen LogP contribution in [-0.4, -0.2) is 58.0 Å². The largest absolute Gasteiger partial charge is 0.480 e. The quantitative estimate of drug-likeness (QED) is 0.415. The smallest absolute Gasteiger partial charge is 0.407 e. The molecule has 1 unspecified atom stereocenters. The number of hydrogen-bond donors (Lipinski definition) is 5. The number of primary amides is 1. The Morgan fingerprint density at radius 2 is 1.69 bits per heavy atom. The third-order valence-corrected chi connectivity index (χ3v) is 2.83. The molecule has 0 aliphatic heterocycles. The second-order valence-corrected chi connectivity index (χ2v) is 4.97. The molecule has 0 aliphatic carbocycles. The number of rotatable bonds is 8. The minimum absolute atomic E-state index is 0.212. The summed E-state index contributed by atoms with van der Waals surface area (Å²) in [5.74, 6) is -3.35. The van der Waals surface area contributed by atoms with Crippen LogP contribution in [0.3, 0.4) is 0 Å². The van der Waals surface area contributed by atoms with Gasteiger partial charge in [0, 0.05) is 6.42 Å². The second-order valence-electron chi connectivity index (χ2n) is 4.97. The van der Waals surface area contributed by atoms with Crippen LogP contribution in [0.4, 0.5) is 4.79 Å². The van der Waals surface area contributed by atoms with Crippen molar-refractivity contribution in [1.29, 1.82) is 0 Å². The number of aliphatic hydroxyl groups is 1. The van der Waals surface area contributed by atoms with E-state index in [2.05, 4.69) is 15.8 Å². The molecule has 10 nitrogen and oxygen atoms in total. The van der Waals surface area contributed by atoms with E-state index < -0.39 is 42.5 Å². The lowest BCUT2D eigenvalue weighted by molar-refractivity contribution is -0.148. The van der Waals surface area contributed by atoms with Gasteiger partial charge in [0.05, 0.1) is 13.0 Å². The van der Waals surface area contributed by atoms with Crippen molar-refractivity contribution in [2.24, 2.45) is 5.73 Å². The molecule has 0 heterocycles. The third kappa shape index (κ3) is 10.6. The molecule has 144 valence electrons. The van der Waals surface area contributed by atoms with Gasteiger partial charge in [0.2, 0.25) is 5.91 Å². The maximum absolute atomic E-state index is 11.2. The van der Waals surface area contributed by atoms with Crippen molar-refractivity contribution in [3.05, 3.63) is 35.9 Å². The highest BCUT2D eigenvalue weighted by Gasteiger charge is 2.20. The number of aliphatic carboxylic acids is 2. The van der Waals surface area contributed by atoms with E-state index in [9.17, 15) is 19.2 Å². The average molecular weight is 370 g/mol. The van der Waals surface area contributed by atoms with Crippen LogP contribution >= 0.6 is 0 Å². The third-order valence-electron chi connectivity index (χ3n) is 2.83. The van der Waals surface area contributed by atoms with Crippen LogP contribution in [0.1, 0.15) is 18.9 Å². The van der Waals surface area contributed by atoms with Crippen molar-refractivity contribution in [3.63, 3.8) is 0 Å². The number of alkyl carbamates (subject to hydrolysis) is 1. The topological polar surface area (TPSA) is 176 Å². The number of benzene rings is 1. The molecule has 0 bridgehead atoms. The van der Waals surface area contributed by atoms with E-state index in [-0.39, 0.29) is 13.0 Å². The Bertz CT molecular complexity index is 606. The molecule has 0 aliphatic rings. The highest BCUT2D eigenvalue weighted by molar-refractivity contribution is 5.82. The van der Waals surface area contributed by atoms with E-state index in [1.54, 1.807) is 6.92 Å². The van der Waals surface area contributed by atoms with E-state index in [4.69, 9.17) is 15.3 Å². The molecule has 0 saturated carbocycles. The number of hydrogen-bond acceptors (Lipinski definition) is 6. The minimum Gasteiger partial charge on any atom is -0.480 e. The summed E-state index contributed by atoms with van der Waals surface area (Å²) in [5, 5.41) is 27.7. The zero-order valence-corrected chi connectivity index (χ0v) is 14.1. The first-order valence-corrected chi connectivity index (χ1v) is 7.56. The summed E-state index contributed by atoms with van der Waals surface area (Å²) in [6.07, 6.45) is -2.68. The number of amides is 2. The van der Waals surface area contributed by atoms with Gasteiger partial charge in [-0.25, -0.2) is 14.4 Å². The molecule has 26 heavy (non-hydrogen) atoms. The molecule has 1 aromatic rings. The highest BCUT2D eigenvalue weighted by Crippen LogP contribution is 2.03. The number of nitrogens with two attached hydrogens (primary N) is 1. The number of ether oxygens (including phenoxy) is 1. The van der Waals surface area contributed by atoms with Crippen LogP contribution in [0, 0.1) is 0 Å². The monoisotopic (exact) mass is 370 g/mol. The minimum atomic E-state index is -1.66. The number of aliphatic hydroxyl groups excluding tert-OH is 1. The zero-order valence-electron chi connectivity index (χ0n) is 14.1. The molecule has 0 radical (unpaired) electrons. The predicted molar refractivity (Wildman–Crippen MR) is 89.2 cm³/mol. The summed E-state index contributed by atoms with van der Waals surface area (Å²) in [4.78, 5) is 41.8. The van der Waals surface area contributed by atoms with Crippen LogP contribution < -0.4 is 11.1 Å². The van der Waals surface area contributed by atoms with Gasteiger partial charge >= 0.3 is 18.0 Å². The fraction of sp³-hybridized carbons (Fsp3) is 0.375. The summed E-state index contributed by atoms with van der Waals surface area (Å²) < 4.78 is 4.65. The van der Waals surface area contributed by atoms with Crippen LogP contribution in [0.25, 0.3) is 0 Å². The number of carboxylic acid groups (broad SMARTS) is 2. The van der Waals surface area contributed by atoms with Crippen LogP contribution in [0.5, 0.6) is 0 Å². The first-order valence-electron chi connectivity index (χ1n) is 7.56. The first-order chi connectivity index (χ1) is 12.2. The molecule has 0 fully saturated rings. The standard InChI is InChI=1S/C12H15NO4.C4H7NO4/c1-2-17-12(16)13-10(11(14)15)8-9-6-4-3-5-7-9;5-3(7)1-2(6)4(8)9/h3-7,10H,2,8H2,1H3,(H,13,16)(H,14,15);2,6H,1H2,(H2,5,7)(H,8,9)/t10-;/m1./s1. The summed E-state index contributed by atoms with van der Waals surface area (Å²) in [7, 11) is 0. The Morgan fingerprint density at radius 3 is 2.08 bits per heavy atom. The molecular weight excluding hydrogens is 348 g/mol. The maximum atomic E-state index is 11.2. The SMILES string of the molecule is CCOC(=O)N[C@H](Cc1ccccc1)C(=O)O.NC(=O)CC(O)C(=O)O. The van der Waals surface area contributed by atoms with Crippen LogP contribution in [-0.2, 0) is 25.5 Å². The second kappa shape index (κ2) is 12.3. The van der Waals surface area contributed by atoms with E-state index in [1.165, 1.54) is 0 Å². The molecule has 0 spiro atoms. The molecular formula is C16H22N2O8. The summed E-state index contributed by atoms with van der Waals surface area (Å²) >= 11 is 0. The maximum Gasteiger partial charge on any atom is 0.407 e. The van der Waals surface area contributed by atoms with Gasteiger partial charge < -0.3 is 31.1 Å². The van der Waals surface area contributed by atoms with Crippen LogP contribution in [0.15, 0.2) is 30.3 Å². The molecule has 10 heteroatoms. The summed E-state index contributed by atoms with van der Waals surface area (Å²) in [5.41, 5.74) is 5.41. The van der Waals surface area contributed by atoms with Gasteiger partial charge in [-0.15, -0.1) is 0 Å². The Balaban J connectivity index is 0.000000590. The van der Waals surface area contributed by atoms with Gasteiger partial charge in [-0.05, 0) is 12.5 Å². The number of carbonyl (C=O) groups excluding carboxylic acids is 2. The Morgan fingerprint density at radius 1 is 1.12 bits per heavy atom. The predicted octanol–water partition coefficient (Wildman–Crippen LogP) is -0.264. The van der Waals surface area contributed by atoms with Gasteiger partial charge in [-0.3, -0.25) is 4.79 Å². The summed E-state index contributed by atoms with van der Waals surface area (Å²) in [6.45, 7) is 1.87. The lowest BCUT2D eigenvalue weighted by Crippen LogP contribution is -2.42. The van der Waals surface area contributed by atoms with E-state index >= 15 is 0 Å². The van der Waals surface area contributed by atoms with Gasteiger partial charge in [0.1, 0.15) is 6.04 Å². The van der Waals surface area contributed by atoms with E-state index in [1.807, 2.05) is 30.3 Å². The lowest BCUT2D eigenvalue weighted by Gasteiger charge is -2.14. The normalized spacial score (nSPS) is 11.9. The molecule has 2 amide bonds. The summed E-state index contributed by atoms with van der Waals surface area (Å²) in [6, 6.07) is 8.12. The molecule has 0 aromatic heterocycles.